The second-order valence-corrected chi connectivity index (χ2v) is 7.73. The maximum Gasteiger partial charge on any atom is 0.128 e. The average molecular weight is 426 g/mol. The molecule has 140 valence electrons. The van der Waals surface area contributed by atoms with E-state index < -0.39 is 0 Å². The lowest BCUT2D eigenvalue weighted by Crippen LogP contribution is -2.46. The Kier molecular flexibility index (Phi) is 5.55. The Morgan fingerprint density at radius 1 is 1.00 bits per heavy atom. The second kappa shape index (κ2) is 8.23. The Bertz CT molecular complexity index is 921. The first-order chi connectivity index (χ1) is 13.2. The minimum atomic E-state index is 0.764. The van der Waals surface area contributed by atoms with Gasteiger partial charge in [-0.1, -0.05) is 22.9 Å². The fraction of sp³-hybridized carbons (Fsp3) is 0.333. The molecule has 1 N–H and O–H groups in total. The summed E-state index contributed by atoms with van der Waals surface area (Å²) in [6.07, 6.45) is 3.77. The number of rotatable bonds is 5. The Morgan fingerprint density at radius 3 is 2.63 bits per heavy atom. The van der Waals surface area contributed by atoms with E-state index in [0.717, 1.165) is 66.1 Å². The molecule has 1 aliphatic rings. The van der Waals surface area contributed by atoms with Crippen molar-refractivity contribution in [1.29, 1.82) is 0 Å². The van der Waals surface area contributed by atoms with Gasteiger partial charge in [-0.05, 0) is 48.5 Å². The van der Waals surface area contributed by atoms with Crippen LogP contribution in [0.5, 0.6) is 0 Å². The van der Waals surface area contributed by atoms with Crippen molar-refractivity contribution in [2.45, 2.75) is 13.5 Å². The normalized spacial score (nSPS) is 15.3. The molecule has 1 saturated heterocycles. The van der Waals surface area contributed by atoms with Crippen LogP contribution in [0.15, 0.2) is 53.3 Å². The quantitative estimate of drug-likeness (QED) is 0.664. The highest BCUT2D eigenvalue weighted by molar-refractivity contribution is 9.10. The zero-order valence-electron chi connectivity index (χ0n) is 15.5. The van der Waals surface area contributed by atoms with E-state index in [4.69, 9.17) is 0 Å². The van der Waals surface area contributed by atoms with Crippen LogP contribution in [0, 0.1) is 0 Å². The number of anilines is 2. The van der Waals surface area contributed by atoms with Crippen molar-refractivity contribution in [1.82, 2.24) is 14.9 Å². The molecule has 1 fully saturated rings. The van der Waals surface area contributed by atoms with Crippen LogP contribution >= 0.6 is 15.9 Å². The van der Waals surface area contributed by atoms with E-state index in [1.54, 1.807) is 0 Å². The van der Waals surface area contributed by atoms with Crippen LogP contribution in [0.2, 0.25) is 0 Å². The molecular weight excluding hydrogens is 402 g/mol. The van der Waals surface area contributed by atoms with Crippen LogP contribution in [0.4, 0.5) is 11.5 Å². The summed E-state index contributed by atoms with van der Waals surface area (Å²) >= 11 is 3.51. The summed E-state index contributed by atoms with van der Waals surface area (Å²) in [6, 6.07) is 12.5. The molecule has 1 aromatic carbocycles. The third kappa shape index (κ3) is 4.22. The lowest BCUT2D eigenvalue weighted by Gasteiger charge is -2.34. The van der Waals surface area contributed by atoms with E-state index in [0.29, 0.717) is 0 Å². The molecule has 1 aliphatic heterocycles. The molecule has 0 saturated carbocycles. The Balaban J connectivity index is 1.46. The fourth-order valence-electron chi connectivity index (χ4n) is 3.51. The number of halogens is 1. The van der Waals surface area contributed by atoms with E-state index in [1.807, 2.05) is 24.5 Å². The van der Waals surface area contributed by atoms with Gasteiger partial charge in [-0.25, -0.2) is 4.98 Å². The van der Waals surface area contributed by atoms with E-state index in [-0.39, 0.29) is 0 Å². The number of piperazine rings is 1. The molecule has 27 heavy (non-hydrogen) atoms. The topological polar surface area (TPSA) is 44.3 Å². The summed E-state index contributed by atoms with van der Waals surface area (Å²) in [6.45, 7) is 8.42. The van der Waals surface area contributed by atoms with Crippen molar-refractivity contribution in [3.05, 3.63) is 58.8 Å². The van der Waals surface area contributed by atoms with E-state index in [1.165, 1.54) is 5.56 Å². The number of likely N-dealkylation sites (N-methyl/N-ethyl adjacent to an activating group) is 1. The highest BCUT2D eigenvalue weighted by Gasteiger charge is 2.16. The van der Waals surface area contributed by atoms with Gasteiger partial charge in [0.15, 0.2) is 0 Å². The molecule has 0 atom stereocenters. The molecule has 2 aromatic heterocycles. The molecular formula is C21H24BrN5. The number of hydrogen-bond acceptors (Lipinski definition) is 5. The molecule has 4 rings (SSSR count). The van der Waals surface area contributed by atoms with Crippen LogP contribution in [0.25, 0.3) is 10.9 Å². The van der Waals surface area contributed by atoms with Crippen molar-refractivity contribution in [3.8, 4) is 0 Å². The van der Waals surface area contributed by atoms with Crippen LogP contribution in [-0.2, 0) is 6.54 Å². The van der Waals surface area contributed by atoms with E-state index >= 15 is 0 Å². The zero-order valence-corrected chi connectivity index (χ0v) is 17.1. The molecule has 0 bridgehead atoms. The van der Waals surface area contributed by atoms with Gasteiger partial charge in [0.1, 0.15) is 5.82 Å². The van der Waals surface area contributed by atoms with Gasteiger partial charge in [0.05, 0.1) is 5.52 Å². The van der Waals surface area contributed by atoms with Crippen molar-refractivity contribution in [3.63, 3.8) is 0 Å². The largest absolute Gasteiger partial charge is 0.380 e. The first-order valence-electron chi connectivity index (χ1n) is 9.43. The number of pyridine rings is 2. The first kappa shape index (κ1) is 18.2. The highest BCUT2D eigenvalue weighted by Crippen LogP contribution is 2.25. The van der Waals surface area contributed by atoms with Crippen LogP contribution in [0.1, 0.15) is 12.5 Å². The zero-order chi connectivity index (χ0) is 18.6. The van der Waals surface area contributed by atoms with Crippen molar-refractivity contribution >= 4 is 38.3 Å². The Hall–Kier alpha value is -2.18. The van der Waals surface area contributed by atoms with Gasteiger partial charge < -0.3 is 15.1 Å². The minimum Gasteiger partial charge on any atom is -0.380 e. The minimum absolute atomic E-state index is 0.764. The molecule has 3 aromatic rings. The van der Waals surface area contributed by atoms with Crippen molar-refractivity contribution in [2.24, 2.45) is 0 Å². The monoisotopic (exact) mass is 425 g/mol. The first-order valence-corrected chi connectivity index (χ1v) is 10.2. The third-order valence-electron chi connectivity index (χ3n) is 5.14. The third-order valence-corrected chi connectivity index (χ3v) is 5.63. The summed E-state index contributed by atoms with van der Waals surface area (Å²) in [7, 11) is 0. The van der Waals surface area contributed by atoms with Gasteiger partial charge in [-0.3, -0.25) is 4.98 Å². The number of benzene rings is 1. The number of fused-ring (bicyclic) bond motifs is 1. The van der Waals surface area contributed by atoms with Gasteiger partial charge in [0.25, 0.3) is 0 Å². The van der Waals surface area contributed by atoms with Crippen LogP contribution in [-0.4, -0.2) is 47.6 Å². The summed E-state index contributed by atoms with van der Waals surface area (Å²) in [5, 5.41) is 4.69. The van der Waals surface area contributed by atoms with E-state index in [9.17, 15) is 0 Å². The van der Waals surface area contributed by atoms with Crippen LogP contribution < -0.4 is 10.2 Å². The molecule has 0 amide bonds. The predicted molar refractivity (Wildman–Crippen MR) is 115 cm³/mol. The van der Waals surface area contributed by atoms with Gasteiger partial charge in [0, 0.05) is 60.7 Å². The Labute approximate surface area is 168 Å². The highest BCUT2D eigenvalue weighted by atomic mass is 79.9. The maximum atomic E-state index is 4.59. The number of hydrogen-bond donors (Lipinski definition) is 1. The van der Waals surface area contributed by atoms with Gasteiger partial charge in [-0.2, -0.15) is 0 Å². The maximum absolute atomic E-state index is 4.59. The molecule has 0 radical (unpaired) electrons. The van der Waals surface area contributed by atoms with Gasteiger partial charge in [0.2, 0.25) is 0 Å². The molecule has 3 heterocycles. The van der Waals surface area contributed by atoms with Crippen molar-refractivity contribution in [2.75, 3.05) is 42.9 Å². The number of aromatic nitrogens is 2. The molecule has 0 spiro atoms. The lowest BCUT2D eigenvalue weighted by atomic mass is 10.1. The molecule has 6 heteroatoms. The average Bonchev–Trinajstić information content (AvgIpc) is 2.72. The predicted octanol–water partition coefficient (Wildman–Crippen LogP) is 4.15. The second-order valence-electron chi connectivity index (χ2n) is 6.82. The van der Waals surface area contributed by atoms with Crippen molar-refractivity contribution < 1.29 is 0 Å². The molecule has 5 nitrogen and oxygen atoms in total. The van der Waals surface area contributed by atoms with Gasteiger partial charge >= 0.3 is 0 Å². The van der Waals surface area contributed by atoms with Crippen LogP contribution in [0.3, 0.4) is 0 Å². The lowest BCUT2D eigenvalue weighted by molar-refractivity contribution is 0.270. The molecule has 0 aliphatic carbocycles. The Morgan fingerprint density at radius 2 is 1.81 bits per heavy atom. The van der Waals surface area contributed by atoms with Gasteiger partial charge in [-0.15, -0.1) is 0 Å². The number of nitrogens with one attached hydrogen (secondary N) is 1. The fourth-order valence-corrected chi connectivity index (χ4v) is 3.86. The smallest absolute Gasteiger partial charge is 0.128 e. The number of nitrogens with zero attached hydrogens (tertiary/aromatic N) is 4. The summed E-state index contributed by atoms with van der Waals surface area (Å²) in [4.78, 5) is 13.9. The standard InChI is InChI=1S/C21H24BrN5/c1-2-26-9-11-27(12-10-26)21-13-16(5-7-24-21)15-25-19-6-8-23-20-14-17(22)3-4-18(19)20/h3-8,13-14H,2,9-12,15H2,1H3,(H,23,25). The summed E-state index contributed by atoms with van der Waals surface area (Å²) < 4.78 is 1.04. The summed E-state index contributed by atoms with van der Waals surface area (Å²) in [5.74, 6) is 1.08. The molecule has 0 unspecified atom stereocenters. The summed E-state index contributed by atoms with van der Waals surface area (Å²) in [5.41, 5.74) is 3.32. The van der Waals surface area contributed by atoms with E-state index in [2.05, 4.69) is 72.2 Å². The SMILES string of the molecule is CCN1CCN(c2cc(CNc3ccnc4cc(Br)ccc34)ccn2)CC1.